The third kappa shape index (κ3) is 2.80. The number of benzene rings is 1. The topological polar surface area (TPSA) is 49.3 Å². The number of halogens is 2. The second kappa shape index (κ2) is 4.91. The largest absolute Gasteiger partial charge is 0.480 e. The molecular formula is C9H9Br2NO2. The summed E-state index contributed by atoms with van der Waals surface area (Å²) >= 11 is 6.62. The Kier molecular flexibility index (Phi) is 4.10. The molecule has 0 aromatic heterocycles. The summed E-state index contributed by atoms with van der Waals surface area (Å²) in [5.74, 6) is -0.891. The standard InChI is InChI=1S/C9H9Br2NO2/c1-12-8(9(13)14)5-2-6(10)4-7(11)3-5/h2-4,8,12H,1H3,(H,13,14). The van der Waals surface area contributed by atoms with Gasteiger partial charge in [0.2, 0.25) is 0 Å². The highest BCUT2D eigenvalue weighted by atomic mass is 79.9. The van der Waals surface area contributed by atoms with Crippen molar-refractivity contribution in [2.45, 2.75) is 6.04 Å². The number of carboxylic acids is 1. The minimum absolute atomic E-state index is 0.677. The fraction of sp³-hybridized carbons (Fsp3) is 0.222. The maximum absolute atomic E-state index is 10.9. The van der Waals surface area contributed by atoms with Gasteiger partial charge in [0.05, 0.1) is 0 Å². The lowest BCUT2D eigenvalue weighted by Gasteiger charge is -2.12. The summed E-state index contributed by atoms with van der Waals surface area (Å²) in [6.45, 7) is 0. The molecule has 0 aliphatic carbocycles. The molecule has 0 fully saturated rings. The van der Waals surface area contributed by atoms with Crippen LogP contribution in [0.15, 0.2) is 27.1 Å². The van der Waals surface area contributed by atoms with E-state index in [9.17, 15) is 4.79 Å². The monoisotopic (exact) mass is 321 g/mol. The van der Waals surface area contributed by atoms with Gasteiger partial charge in [-0.3, -0.25) is 4.79 Å². The van der Waals surface area contributed by atoms with Crippen molar-refractivity contribution in [3.8, 4) is 0 Å². The number of hydrogen-bond donors (Lipinski definition) is 2. The first-order valence-corrected chi connectivity index (χ1v) is 5.49. The van der Waals surface area contributed by atoms with Gasteiger partial charge >= 0.3 is 5.97 Å². The van der Waals surface area contributed by atoms with Gasteiger partial charge in [-0.25, -0.2) is 0 Å². The predicted molar refractivity (Wildman–Crippen MR) is 61.3 cm³/mol. The highest BCUT2D eigenvalue weighted by molar-refractivity contribution is 9.11. The van der Waals surface area contributed by atoms with Gasteiger partial charge in [-0.1, -0.05) is 31.9 Å². The molecule has 0 aliphatic heterocycles. The Morgan fingerprint density at radius 3 is 2.21 bits per heavy atom. The highest BCUT2D eigenvalue weighted by Crippen LogP contribution is 2.24. The molecule has 0 spiro atoms. The summed E-state index contributed by atoms with van der Waals surface area (Å²) in [5, 5.41) is 11.6. The first-order chi connectivity index (χ1) is 6.54. The molecule has 1 unspecified atom stereocenters. The summed E-state index contributed by atoms with van der Waals surface area (Å²) in [4.78, 5) is 10.9. The molecule has 1 aromatic carbocycles. The van der Waals surface area contributed by atoms with Crippen molar-refractivity contribution in [1.82, 2.24) is 5.32 Å². The van der Waals surface area contributed by atoms with Crippen molar-refractivity contribution in [2.75, 3.05) is 7.05 Å². The number of carboxylic acid groups (broad SMARTS) is 1. The average molecular weight is 323 g/mol. The smallest absolute Gasteiger partial charge is 0.325 e. The van der Waals surface area contributed by atoms with Gasteiger partial charge < -0.3 is 10.4 Å². The van der Waals surface area contributed by atoms with E-state index in [0.717, 1.165) is 8.95 Å². The summed E-state index contributed by atoms with van der Waals surface area (Å²) in [7, 11) is 1.62. The molecule has 76 valence electrons. The fourth-order valence-corrected chi connectivity index (χ4v) is 2.50. The lowest BCUT2D eigenvalue weighted by molar-refractivity contribution is -0.139. The number of nitrogens with one attached hydrogen (secondary N) is 1. The number of aliphatic carboxylic acids is 1. The maximum atomic E-state index is 10.9. The van der Waals surface area contributed by atoms with Crippen molar-refractivity contribution in [2.24, 2.45) is 0 Å². The van der Waals surface area contributed by atoms with E-state index in [1.54, 1.807) is 19.2 Å². The number of rotatable bonds is 3. The Balaban J connectivity index is 3.10. The van der Waals surface area contributed by atoms with Gasteiger partial charge in [-0.05, 0) is 30.8 Å². The van der Waals surface area contributed by atoms with E-state index < -0.39 is 12.0 Å². The normalized spacial score (nSPS) is 12.5. The van der Waals surface area contributed by atoms with Gasteiger partial charge in [-0.15, -0.1) is 0 Å². The second-order valence-electron chi connectivity index (χ2n) is 2.76. The third-order valence-electron chi connectivity index (χ3n) is 1.75. The first-order valence-electron chi connectivity index (χ1n) is 3.90. The Hall–Kier alpha value is -0.390. The van der Waals surface area contributed by atoms with Crippen LogP contribution >= 0.6 is 31.9 Å². The van der Waals surface area contributed by atoms with Crippen LogP contribution in [0.5, 0.6) is 0 Å². The fourth-order valence-electron chi connectivity index (χ4n) is 1.17. The van der Waals surface area contributed by atoms with Crippen LogP contribution in [0.2, 0.25) is 0 Å². The molecule has 0 amide bonds. The van der Waals surface area contributed by atoms with Crippen molar-refractivity contribution in [3.05, 3.63) is 32.7 Å². The predicted octanol–water partition coefficient (Wildman–Crippen LogP) is 2.56. The van der Waals surface area contributed by atoms with Crippen LogP contribution in [0.25, 0.3) is 0 Å². The molecule has 1 atom stereocenters. The van der Waals surface area contributed by atoms with Crippen LogP contribution in [0.1, 0.15) is 11.6 Å². The Bertz CT molecular complexity index is 334. The number of carbonyl (C=O) groups is 1. The second-order valence-corrected chi connectivity index (χ2v) is 4.59. The van der Waals surface area contributed by atoms with E-state index in [1.165, 1.54) is 0 Å². The molecule has 0 saturated heterocycles. The summed E-state index contributed by atoms with van der Waals surface area (Å²) in [5.41, 5.74) is 0.709. The minimum atomic E-state index is -0.891. The zero-order chi connectivity index (χ0) is 10.7. The molecule has 0 saturated carbocycles. The summed E-state index contributed by atoms with van der Waals surface area (Å²) < 4.78 is 1.70. The van der Waals surface area contributed by atoms with Crippen molar-refractivity contribution >= 4 is 37.8 Å². The number of hydrogen-bond acceptors (Lipinski definition) is 2. The van der Waals surface area contributed by atoms with Crippen LogP contribution in [0, 0.1) is 0 Å². The highest BCUT2D eigenvalue weighted by Gasteiger charge is 2.17. The maximum Gasteiger partial charge on any atom is 0.325 e. The van der Waals surface area contributed by atoms with Crippen molar-refractivity contribution in [3.63, 3.8) is 0 Å². The van der Waals surface area contributed by atoms with Gasteiger partial charge in [-0.2, -0.15) is 0 Å². The first kappa shape index (κ1) is 11.7. The van der Waals surface area contributed by atoms with E-state index in [1.807, 2.05) is 6.07 Å². The summed E-state index contributed by atoms with van der Waals surface area (Å²) in [6, 6.07) is 4.74. The van der Waals surface area contributed by atoms with Gasteiger partial charge in [0.25, 0.3) is 0 Å². The molecule has 3 nitrogen and oxygen atoms in total. The molecular weight excluding hydrogens is 314 g/mol. The van der Waals surface area contributed by atoms with Crippen molar-refractivity contribution in [1.29, 1.82) is 0 Å². The quantitative estimate of drug-likeness (QED) is 0.899. The van der Waals surface area contributed by atoms with Gasteiger partial charge in [0.15, 0.2) is 0 Å². The average Bonchev–Trinajstić information content (AvgIpc) is 2.02. The Morgan fingerprint density at radius 1 is 1.36 bits per heavy atom. The van der Waals surface area contributed by atoms with E-state index in [-0.39, 0.29) is 0 Å². The zero-order valence-corrected chi connectivity index (χ0v) is 10.6. The molecule has 0 radical (unpaired) electrons. The van der Waals surface area contributed by atoms with E-state index in [4.69, 9.17) is 5.11 Å². The van der Waals surface area contributed by atoms with Crippen LogP contribution in [0.3, 0.4) is 0 Å². The molecule has 0 aliphatic rings. The molecule has 0 bridgehead atoms. The molecule has 1 aromatic rings. The van der Waals surface area contributed by atoms with E-state index >= 15 is 0 Å². The van der Waals surface area contributed by atoms with Crippen LogP contribution in [-0.4, -0.2) is 18.1 Å². The van der Waals surface area contributed by atoms with Gasteiger partial charge in [0, 0.05) is 8.95 Å². The molecule has 0 heterocycles. The lowest BCUT2D eigenvalue weighted by Crippen LogP contribution is -2.24. The third-order valence-corrected chi connectivity index (χ3v) is 2.67. The minimum Gasteiger partial charge on any atom is -0.480 e. The van der Waals surface area contributed by atoms with Crippen molar-refractivity contribution < 1.29 is 9.90 Å². The molecule has 14 heavy (non-hydrogen) atoms. The Labute approximate surface area is 98.8 Å². The molecule has 2 N–H and O–H groups in total. The Morgan fingerprint density at radius 2 is 1.86 bits per heavy atom. The summed E-state index contributed by atoms with van der Waals surface area (Å²) in [6.07, 6.45) is 0. The van der Waals surface area contributed by atoms with E-state index in [2.05, 4.69) is 37.2 Å². The van der Waals surface area contributed by atoms with Crippen LogP contribution in [0.4, 0.5) is 0 Å². The lowest BCUT2D eigenvalue weighted by atomic mass is 10.1. The SMILES string of the molecule is CNC(C(=O)O)c1cc(Br)cc(Br)c1. The zero-order valence-electron chi connectivity index (χ0n) is 7.42. The van der Waals surface area contributed by atoms with Crippen LogP contribution in [-0.2, 0) is 4.79 Å². The number of likely N-dealkylation sites (N-methyl/N-ethyl adjacent to an activating group) is 1. The van der Waals surface area contributed by atoms with Gasteiger partial charge in [0.1, 0.15) is 6.04 Å². The molecule has 5 heteroatoms. The van der Waals surface area contributed by atoms with E-state index in [0.29, 0.717) is 5.56 Å². The molecule has 1 rings (SSSR count). The van der Waals surface area contributed by atoms with Crippen LogP contribution < -0.4 is 5.32 Å².